The van der Waals surface area contributed by atoms with Crippen molar-refractivity contribution >= 4 is 32.8 Å². The van der Waals surface area contributed by atoms with E-state index >= 15 is 0 Å². The number of benzene rings is 2. The van der Waals surface area contributed by atoms with E-state index in [1.807, 2.05) is 37.3 Å². The van der Waals surface area contributed by atoms with E-state index in [0.29, 0.717) is 35.4 Å². The van der Waals surface area contributed by atoms with Crippen LogP contribution in [0.5, 0.6) is 5.75 Å². The van der Waals surface area contributed by atoms with Crippen LogP contribution in [0.1, 0.15) is 54.9 Å². The van der Waals surface area contributed by atoms with Crippen LogP contribution in [0.15, 0.2) is 56.1 Å². The van der Waals surface area contributed by atoms with Crippen molar-refractivity contribution in [3.63, 3.8) is 0 Å². The van der Waals surface area contributed by atoms with Crippen LogP contribution in [-0.4, -0.2) is 48.5 Å². The molecule has 0 bridgehead atoms. The Labute approximate surface area is 202 Å². The number of amides is 1. The molecule has 1 atom stereocenters. The van der Waals surface area contributed by atoms with Gasteiger partial charge in [-0.1, -0.05) is 41.9 Å². The lowest BCUT2D eigenvalue weighted by atomic mass is 9.98. The summed E-state index contributed by atoms with van der Waals surface area (Å²) >= 11 is 3.44. The van der Waals surface area contributed by atoms with Crippen molar-refractivity contribution in [3.05, 3.63) is 74.0 Å². The summed E-state index contributed by atoms with van der Waals surface area (Å²) in [5.41, 5.74) is 1.50. The first-order valence-corrected chi connectivity index (χ1v) is 12.3. The van der Waals surface area contributed by atoms with E-state index in [9.17, 15) is 9.59 Å². The molecule has 1 amide bonds. The molecule has 0 saturated carbocycles. The van der Waals surface area contributed by atoms with Crippen LogP contribution in [0.4, 0.5) is 0 Å². The lowest BCUT2D eigenvalue weighted by Crippen LogP contribution is -2.33. The first-order chi connectivity index (χ1) is 16.0. The second-order valence-corrected chi connectivity index (χ2v) is 9.02. The predicted octanol–water partition coefficient (Wildman–Crippen LogP) is 5.23. The fraction of sp³-hybridized carbons (Fsp3) is 0.385. The molecule has 0 saturated heterocycles. The van der Waals surface area contributed by atoms with Gasteiger partial charge in [0.2, 0.25) is 5.76 Å². The van der Waals surface area contributed by atoms with Gasteiger partial charge in [-0.3, -0.25) is 9.59 Å². The normalized spacial score (nSPS) is 15.5. The monoisotopic (exact) mass is 512 g/mol. The topological polar surface area (TPSA) is 63.0 Å². The molecule has 1 unspecified atom stereocenters. The molecule has 0 N–H and O–H groups in total. The second kappa shape index (κ2) is 10.1. The zero-order valence-electron chi connectivity index (χ0n) is 19.3. The highest BCUT2D eigenvalue weighted by Gasteiger charge is 2.42. The minimum atomic E-state index is -0.510. The number of ether oxygens (including phenoxy) is 1. The van der Waals surface area contributed by atoms with Crippen molar-refractivity contribution in [2.24, 2.45) is 0 Å². The molecule has 6 nitrogen and oxygen atoms in total. The molecule has 1 aliphatic heterocycles. The highest BCUT2D eigenvalue weighted by Crippen LogP contribution is 2.39. The summed E-state index contributed by atoms with van der Waals surface area (Å²) in [6, 6.07) is 12.4. The first kappa shape index (κ1) is 23.5. The van der Waals surface area contributed by atoms with Gasteiger partial charge >= 0.3 is 0 Å². The number of hydrogen-bond acceptors (Lipinski definition) is 5. The third-order valence-corrected chi connectivity index (χ3v) is 6.67. The zero-order valence-corrected chi connectivity index (χ0v) is 20.9. The highest BCUT2D eigenvalue weighted by molar-refractivity contribution is 9.10. The number of hydrogen-bond donors (Lipinski definition) is 0. The number of fused-ring (bicyclic) bond motifs is 2. The van der Waals surface area contributed by atoms with Crippen molar-refractivity contribution in [2.75, 3.05) is 32.8 Å². The maximum Gasteiger partial charge on any atom is 0.290 e. The number of carbonyl (C=O) groups excluding carboxylic acids is 1. The number of rotatable bonds is 9. The molecule has 3 aromatic rings. The Bertz CT molecular complexity index is 1220. The Morgan fingerprint density at radius 1 is 1.09 bits per heavy atom. The summed E-state index contributed by atoms with van der Waals surface area (Å²) in [4.78, 5) is 31.2. The van der Waals surface area contributed by atoms with Gasteiger partial charge in [-0.25, -0.2) is 0 Å². The summed E-state index contributed by atoms with van der Waals surface area (Å²) in [7, 11) is 0. The molecule has 1 aliphatic rings. The van der Waals surface area contributed by atoms with Crippen LogP contribution in [-0.2, 0) is 0 Å². The summed E-state index contributed by atoms with van der Waals surface area (Å²) < 4.78 is 12.5. The Morgan fingerprint density at radius 3 is 2.61 bits per heavy atom. The maximum atomic E-state index is 13.6. The summed E-state index contributed by atoms with van der Waals surface area (Å²) in [5, 5.41) is 0.465. The van der Waals surface area contributed by atoms with Gasteiger partial charge < -0.3 is 19.0 Å². The Balaban J connectivity index is 1.81. The summed E-state index contributed by atoms with van der Waals surface area (Å²) in [6.07, 6.45) is 0.808. The highest BCUT2D eigenvalue weighted by atomic mass is 79.9. The first-order valence-electron chi connectivity index (χ1n) is 11.5. The average Bonchev–Trinajstić information content (AvgIpc) is 3.09. The molecule has 0 radical (unpaired) electrons. The number of halogens is 1. The van der Waals surface area contributed by atoms with Crippen molar-refractivity contribution in [1.29, 1.82) is 0 Å². The standard InChI is InChI=1S/C26H29BrN2O4/c1-4-28(5-2)13-8-14-29-23(17-9-7-10-19(15-17)32-6-3)22-24(30)20-16-18(27)11-12-21(20)33-25(22)26(29)31/h7,9-12,15-16,23H,4-6,8,13-14H2,1-3H3. The van der Waals surface area contributed by atoms with Gasteiger partial charge in [0.25, 0.3) is 5.91 Å². The van der Waals surface area contributed by atoms with Crippen molar-refractivity contribution in [3.8, 4) is 5.75 Å². The van der Waals surface area contributed by atoms with Crippen molar-refractivity contribution in [1.82, 2.24) is 9.80 Å². The molecule has 174 valence electrons. The molecule has 4 rings (SSSR count). The van der Waals surface area contributed by atoms with E-state index in [1.54, 1.807) is 17.0 Å². The Morgan fingerprint density at radius 2 is 1.88 bits per heavy atom. The molecule has 2 aromatic carbocycles. The third kappa shape index (κ3) is 4.57. The minimum Gasteiger partial charge on any atom is -0.494 e. The lowest BCUT2D eigenvalue weighted by molar-refractivity contribution is 0.0720. The molecule has 7 heteroatoms. The second-order valence-electron chi connectivity index (χ2n) is 8.10. The number of nitrogens with zero attached hydrogens (tertiary/aromatic N) is 2. The molecule has 0 aliphatic carbocycles. The molecule has 0 fully saturated rings. The lowest BCUT2D eigenvalue weighted by Gasteiger charge is -2.27. The SMILES string of the molecule is CCOc1cccc(C2c3c(oc4ccc(Br)cc4c3=O)C(=O)N2CCCN(CC)CC)c1. The van der Waals surface area contributed by atoms with Gasteiger partial charge in [-0.15, -0.1) is 0 Å². The van der Waals surface area contributed by atoms with Crippen LogP contribution >= 0.6 is 15.9 Å². The molecule has 2 heterocycles. The summed E-state index contributed by atoms with van der Waals surface area (Å²) in [6.45, 7) is 10.1. The van der Waals surface area contributed by atoms with Gasteiger partial charge in [-0.05, 0) is 68.9 Å². The maximum absolute atomic E-state index is 13.6. The molecule has 1 aromatic heterocycles. The van der Waals surface area contributed by atoms with Crippen molar-refractivity contribution < 1.29 is 13.9 Å². The van der Waals surface area contributed by atoms with E-state index in [0.717, 1.165) is 36.1 Å². The smallest absolute Gasteiger partial charge is 0.290 e. The van der Waals surface area contributed by atoms with Crippen LogP contribution in [0, 0.1) is 0 Å². The number of carbonyl (C=O) groups is 1. The van der Waals surface area contributed by atoms with Crippen LogP contribution in [0.25, 0.3) is 11.0 Å². The quantitative estimate of drug-likeness (QED) is 0.392. The molecule has 33 heavy (non-hydrogen) atoms. The van der Waals surface area contributed by atoms with Crippen molar-refractivity contribution in [2.45, 2.75) is 33.2 Å². The minimum absolute atomic E-state index is 0.143. The molecular weight excluding hydrogens is 484 g/mol. The van der Waals surface area contributed by atoms with Crippen LogP contribution in [0.3, 0.4) is 0 Å². The molecule has 0 spiro atoms. The van der Waals surface area contributed by atoms with Crippen LogP contribution in [0.2, 0.25) is 0 Å². The van der Waals surface area contributed by atoms with Gasteiger partial charge in [0.05, 0.1) is 23.6 Å². The Kier molecular flexibility index (Phi) is 7.20. The average molecular weight is 513 g/mol. The fourth-order valence-corrected chi connectivity index (χ4v) is 4.88. The van der Waals surface area contributed by atoms with E-state index in [1.165, 1.54) is 0 Å². The largest absolute Gasteiger partial charge is 0.494 e. The van der Waals surface area contributed by atoms with Gasteiger partial charge in [0.1, 0.15) is 11.3 Å². The van der Waals surface area contributed by atoms with Gasteiger partial charge in [0, 0.05) is 11.0 Å². The van der Waals surface area contributed by atoms with Gasteiger partial charge in [-0.2, -0.15) is 0 Å². The van der Waals surface area contributed by atoms with Crippen LogP contribution < -0.4 is 10.2 Å². The van der Waals surface area contributed by atoms with E-state index in [-0.39, 0.29) is 17.1 Å². The van der Waals surface area contributed by atoms with E-state index in [4.69, 9.17) is 9.15 Å². The van der Waals surface area contributed by atoms with E-state index < -0.39 is 6.04 Å². The zero-order chi connectivity index (χ0) is 23.5. The Hall–Kier alpha value is -2.64. The fourth-order valence-electron chi connectivity index (χ4n) is 4.52. The van der Waals surface area contributed by atoms with Gasteiger partial charge in [0.15, 0.2) is 5.43 Å². The molecular formula is C26H29BrN2O4. The predicted molar refractivity (Wildman–Crippen MR) is 133 cm³/mol. The third-order valence-electron chi connectivity index (χ3n) is 6.18. The van der Waals surface area contributed by atoms with E-state index in [2.05, 4.69) is 34.7 Å². The summed E-state index contributed by atoms with van der Waals surface area (Å²) in [5.74, 6) is 0.620.